The van der Waals surface area contributed by atoms with Gasteiger partial charge in [-0.3, -0.25) is 9.47 Å². The lowest BCUT2D eigenvalue weighted by Gasteiger charge is -2.44. The van der Waals surface area contributed by atoms with E-state index in [1.165, 1.54) is 11.1 Å². The minimum atomic E-state index is -0.116. The van der Waals surface area contributed by atoms with E-state index >= 15 is 4.39 Å². The Morgan fingerprint density at radius 1 is 0.830 bits per heavy atom. The number of piperidine rings is 1. The fraction of sp³-hybridized carbons (Fsp3) is 0.341. The van der Waals surface area contributed by atoms with Gasteiger partial charge >= 0.3 is 0 Å². The van der Waals surface area contributed by atoms with Crippen LogP contribution in [0.2, 0.25) is 0 Å². The molecule has 3 fully saturated rings. The highest BCUT2D eigenvalue weighted by Crippen LogP contribution is 2.43. The maximum absolute atomic E-state index is 15.3. The first-order valence-electron chi connectivity index (χ1n) is 19.2. The first-order chi connectivity index (χ1) is 25.9. The summed E-state index contributed by atoms with van der Waals surface area (Å²) >= 11 is 0. The number of hydrogen-bond acceptors (Lipinski definition) is 7. The normalized spacial score (nSPS) is 22.6. The number of benzene rings is 2. The third-order valence-corrected chi connectivity index (χ3v) is 12.0. The minimum absolute atomic E-state index is 0.116. The van der Waals surface area contributed by atoms with Crippen LogP contribution in [0.15, 0.2) is 116 Å². The van der Waals surface area contributed by atoms with Gasteiger partial charge in [0.1, 0.15) is 17.2 Å². The lowest BCUT2D eigenvalue weighted by molar-refractivity contribution is 0.153. The fourth-order valence-corrected chi connectivity index (χ4v) is 9.33. The van der Waals surface area contributed by atoms with Crippen molar-refractivity contribution in [1.29, 1.82) is 0 Å². The molecule has 1 N–H and O–H groups in total. The summed E-state index contributed by atoms with van der Waals surface area (Å²) in [6.45, 7) is 16.6. The van der Waals surface area contributed by atoms with Gasteiger partial charge in [-0.15, -0.1) is 10.2 Å². The van der Waals surface area contributed by atoms with Gasteiger partial charge in [0.2, 0.25) is 0 Å². The minimum Gasteiger partial charge on any atom is -0.363 e. The molecule has 4 aliphatic rings. The van der Waals surface area contributed by atoms with Crippen LogP contribution in [0.4, 0.5) is 15.8 Å². The molecule has 0 amide bonds. The number of nitrogens with one attached hydrogen (secondary N) is 1. The summed E-state index contributed by atoms with van der Waals surface area (Å²) in [6, 6.07) is 22.7. The van der Waals surface area contributed by atoms with Gasteiger partial charge in [-0.25, -0.2) is 9.37 Å². The molecule has 2 aromatic carbocycles. The summed E-state index contributed by atoms with van der Waals surface area (Å²) in [4.78, 5) is 12.2. The molecule has 3 aromatic heterocycles. The van der Waals surface area contributed by atoms with Crippen molar-refractivity contribution < 1.29 is 4.39 Å². The summed E-state index contributed by atoms with van der Waals surface area (Å²) < 4.78 is 17.4. The van der Waals surface area contributed by atoms with E-state index in [9.17, 15) is 0 Å². The van der Waals surface area contributed by atoms with E-state index < -0.39 is 0 Å². The van der Waals surface area contributed by atoms with Crippen LogP contribution in [-0.2, 0) is 6.42 Å². The fourth-order valence-electron chi connectivity index (χ4n) is 9.33. The zero-order valence-electron chi connectivity index (χ0n) is 30.4. The molecule has 53 heavy (non-hydrogen) atoms. The van der Waals surface area contributed by atoms with Crippen molar-refractivity contribution in [3.63, 3.8) is 0 Å². The number of aromatic nitrogens is 4. The Hall–Kier alpha value is -5.28. The van der Waals surface area contributed by atoms with Crippen LogP contribution in [0.1, 0.15) is 62.0 Å². The number of pyridine rings is 1. The SMILES string of the molecule is C=C1CCC(N2CCCc3c(C4CCC(N5CCN(c6ccc(-n7ccc8nnc(-c9ccccc9)cc87)nc6)C(=C)C5)CC4)cc(F)cc32)C(=C)N1. The number of rotatable bonds is 6. The molecule has 270 valence electrons. The van der Waals surface area contributed by atoms with E-state index in [0.717, 1.165) is 134 Å². The summed E-state index contributed by atoms with van der Waals surface area (Å²) in [5.41, 5.74) is 11.5. The highest BCUT2D eigenvalue weighted by Gasteiger charge is 2.35. The number of hydrogen-bond donors (Lipinski definition) is 1. The second-order valence-corrected chi connectivity index (χ2v) is 15.2. The molecule has 0 radical (unpaired) electrons. The molecule has 0 spiro atoms. The van der Waals surface area contributed by atoms with Crippen molar-refractivity contribution in [1.82, 2.24) is 30.0 Å². The number of fused-ring (bicyclic) bond motifs is 2. The molecule has 1 unspecified atom stereocenters. The molecule has 2 saturated heterocycles. The van der Waals surface area contributed by atoms with Crippen molar-refractivity contribution in [2.75, 3.05) is 36.0 Å². The average molecular weight is 707 g/mol. The van der Waals surface area contributed by atoms with E-state index in [1.54, 1.807) is 6.07 Å². The van der Waals surface area contributed by atoms with E-state index in [1.807, 2.05) is 54.9 Å². The highest BCUT2D eigenvalue weighted by atomic mass is 19.1. The first kappa shape index (κ1) is 33.5. The lowest BCUT2D eigenvalue weighted by atomic mass is 9.77. The molecule has 1 atom stereocenters. The Bertz CT molecular complexity index is 2180. The highest BCUT2D eigenvalue weighted by molar-refractivity contribution is 5.81. The Kier molecular flexibility index (Phi) is 8.82. The van der Waals surface area contributed by atoms with E-state index in [4.69, 9.17) is 4.98 Å². The van der Waals surface area contributed by atoms with Crippen LogP contribution in [0.25, 0.3) is 28.1 Å². The predicted molar refractivity (Wildman–Crippen MR) is 212 cm³/mol. The third-order valence-electron chi connectivity index (χ3n) is 12.0. The zero-order chi connectivity index (χ0) is 36.1. The molecule has 9 heteroatoms. The number of allylic oxidation sites excluding steroid dienone is 1. The quantitative estimate of drug-likeness (QED) is 0.190. The van der Waals surface area contributed by atoms with E-state index in [2.05, 4.69) is 72.7 Å². The summed E-state index contributed by atoms with van der Waals surface area (Å²) in [7, 11) is 0. The summed E-state index contributed by atoms with van der Waals surface area (Å²) in [6.07, 6.45) is 12.4. The second-order valence-electron chi connectivity index (χ2n) is 15.2. The average Bonchev–Trinajstić information content (AvgIpc) is 3.61. The van der Waals surface area contributed by atoms with Gasteiger partial charge in [-0.1, -0.05) is 50.1 Å². The Morgan fingerprint density at radius 3 is 2.45 bits per heavy atom. The topological polar surface area (TPSA) is 65.3 Å². The van der Waals surface area contributed by atoms with Gasteiger partial charge in [-0.05, 0) is 105 Å². The predicted octanol–water partition coefficient (Wildman–Crippen LogP) is 8.52. The third kappa shape index (κ3) is 6.41. The maximum Gasteiger partial charge on any atom is 0.137 e. The van der Waals surface area contributed by atoms with Gasteiger partial charge in [0.15, 0.2) is 0 Å². The van der Waals surface area contributed by atoms with Crippen LogP contribution in [0, 0.1) is 5.82 Å². The maximum atomic E-state index is 15.3. The number of anilines is 2. The van der Waals surface area contributed by atoms with Gasteiger partial charge in [0.25, 0.3) is 0 Å². The monoisotopic (exact) mass is 706 g/mol. The molecular weight excluding hydrogens is 660 g/mol. The summed E-state index contributed by atoms with van der Waals surface area (Å²) in [5, 5.41) is 12.3. The molecular formula is C44H47FN8. The lowest BCUT2D eigenvalue weighted by Crippen LogP contribution is -2.49. The molecule has 9 rings (SSSR count). The molecule has 8 nitrogen and oxygen atoms in total. The molecule has 6 heterocycles. The van der Waals surface area contributed by atoms with Gasteiger partial charge in [0.05, 0.1) is 29.1 Å². The molecule has 1 aliphatic carbocycles. The zero-order valence-corrected chi connectivity index (χ0v) is 30.4. The molecule has 3 aliphatic heterocycles. The van der Waals surface area contributed by atoms with Gasteiger partial charge in [-0.2, -0.15) is 0 Å². The van der Waals surface area contributed by atoms with Crippen LogP contribution in [-0.4, -0.2) is 62.9 Å². The first-order valence-corrected chi connectivity index (χ1v) is 19.2. The van der Waals surface area contributed by atoms with Crippen molar-refractivity contribution in [3.8, 4) is 17.1 Å². The molecule has 1 saturated carbocycles. The van der Waals surface area contributed by atoms with Crippen LogP contribution in [0.3, 0.4) is 0 Å². The Morgan fingerprint density at radius 2 is 1.68 bits per heavy atom. The largest absolute Gasteiger partial charge is 0.363 e. The summed E-state index contributed by atoms with van der Waals surface area (Å²) in [5.74, 6) is 1.12. The Labute approximate surface area is 311 Å². The van der Waals surface area contributed by atoms with Gasteiger partial charge < -0.3 is 15.1 Å². The van der Waals surface area contributed by atoms with E-state index in [-0.39, 0.29) is 11.9 Å². The van der Waals surface area contributed by atoms with Crippen LogP contribution in [0.5, 0.6) is 0 Å². The van der Waals surface area contributed by atoms with Crippen molar-refractivity contribution in [2.45, 2.75) is 69.4 Å². The van der Waals surface area contributed by atoms with Gasteiger partial charge in [0, 0.05) is 66.8 Å². The number of halogens is 1. The smallest absolute Gasteiger partial charge is 0.137 e. The van der Waals surface area contributed by atoms with Crippen LogP contribution >= 0.6 is 0 Å². The van der Waals surface area contributed by atoms with Crippen molar-refractivity contribution in [3.05, 3.63) is 133 Å². The standard InChI is InChI=1S/C44H47FN8/c1-29-11-17-41(31(3)47-29)52-20-7-10-37-38(24-34(45)25-42(37)52)32-12-14-35(15-13-32)50-22-23-51(30(2)28-50)36-16-18-44(46-27-36)53-21-19-39-43(53)26-40(49-48-39)33-8-5-4-6-9-33/h4-6,8-9,16,18-19,21,24-27,32,35,41,47H,1-3,7,10-15,17,20,22-23,28H2. The number of nitrogens with zero attached hydrogens (tertiary/aromatic N) is 7. The van der Waals surface area contributed by atoms with Crippen molar-refractivity contribution >= 4 is 22.4 Å². The Balaban J connectivity index is 0.842. The van der Waals surface area contributed by atoms with Crippen molar-refractivity contribution in [2.24, 2.45) is 0 Å². The van der Waals surface area contributed by atoms with E-state index in [0.29, 0.717) is 12.0 Å². The van der Waals surface area contributed by atoms with Crippen LogP contribution < -0.4 is 15.1 Å². The molecule has 5 aromatic rings. The second kappa shape index (κ2) is 13.9. The molecule has 0 bridgehead atoms. The number of piperazine rings is 1.